The van der Waals surface area contributed by atoms with E-state index in [1.807, 2.05) is 13.8 Å². The van der Waals surface area contributed by atoms with Gasteiger partial charge in [-0.25, -0.2) is 0 Å². The molecule has 6 nitrogen and oxygen atoms in total. The number of ether oxygens (including phenoxy) is 1. The number of methoxy groups -OCH3 is 1. The zero-order chi connectivity index (χ0) is 15.9. The number of amides is 1. The summed E-state index contributed by atoms with van der Waals surface area (Å²) in [6.45, 7) is 4.65. The SMILES string of the molecule is CO[C@@]12CC[C@@H](O)C[C@@H]1N(C(=O)c1cc(C(C)C)no1)CC2. The van der Waals surface area contributed by atoms with Crippen molar-refractivity contribution in [2.45, 2.75) is 63.2 Å². The predicted molar refractivity (Wildman–Crippen MR) is 79.6 cm³/mol. The van der Waals surface area contributed by atoms with Crippen LogP contribution >= 0.6 is 0 Å². The highest BCUT2D eigenvalue weighted by Crippen LogP contribution is 2.43. The molecular formula is C16H24N2O4. The third-order valence-corrected chi connectivity index (χ3v) is 5.15. The van der Waals surface area contributed by atoms with E-state index in [9.17, 15) is 9.90 Å². The van der Waals surface area contributed by atoms with Crippen molar-refractivity contribution in [3.8, 4) is 0 Å². The van der Waals surface area contributed by atoms with E-state index in [0.29, 0.717) is 13.0 Å². The zero-order valence-electron chi connectivity index (χ0n) is 13.4. The average molecular weight is 308 g/mol. The summed E-state index contributed by atoms with van der Waals surface area (Å²) < 4.78 is 11.0. The molecular weight excluding hydrogens is 284 g/mol. The molecule has 0 aromatic carbocycles. The molecule has 2 fully saturated rings. The topological polar surface area (TPSA) is 75.8 Å². The monoisotopic (exact) mass is 308 g/mol. The number of likely N-dealkylation sites (tertiary alicyclic amines) is 1. The van der Waals surface area contributed by atoms with E-state index in [2.05, 4.69) is 5.16 Å². The highest BCUT2D eigenvalue weighted by Gasteiger charge is 2.52. The number of carbonyl (C=O) groups excluding carboxylic acids is 1. The van der Waals surface area contributed by atoms with Crippen molar-refractivity contribution in [2.75, 3.05) is 13.7 Å². The lowest BCUT2D eigenvalue weighted by molar-refractivity contribution is -0.0827. The summed E-state index contributed by atoms with van der Waals surface area (Å²) in [4.78, 5) is 14.5. The molecule has 2 heterocycles. The second-order valence-electron chi connectivity index (χ2n) is 6.73. The molecule has 0 unspecified atom stereocenters. The lowest BCUT2D eigenvalue weighted by Gasteiger charge is -2.42. The molecule has 1 aromatic rings. The maximum Gasteiger partial charge on any atom is 0.292 e. The van der Waals surface area contributed by atoms with E-state index in [-0.39, 0.29) is 35.3 Å². The highest BCUT2D eigenvalue weighted by atomic mass is 16.5. The van der Waals surface area contributed by atoms with Crippen molar-refractivity contribution in [1.29, 1.82) is 0 Å². The molecule has 1 aliphatic carbocycles. The van der Waals surface area contributed by atoms with E-state index in [4.69, 9.17) is 9.26 Å². The molecule has 3 rings (SSSR count). The van der Waals surface area contributed by atoms with E-state index >= 15 is 0 Å². The minimum Gasteiger partial charge on any atom is -0.393 e. The predicted octanol–water partition coefficient (Wildman–Crippen LogP) is 1.94. The van der Waals surface area contributed by atoms with E-state index in [0.717, 1.165) is 25.0 Å². The van der Waals surface area contributed by atoms with Crippen molar-refractivity contribution in [3.63, 3.8) is 0 Å². The van der Waals surface area contributed by atoms with Crippen LogP contribution in [-0.2, 0) is 4.74 Å². The Morgan fingerprint density at radius 2 is 2.32 bits per heavy atom. The molecule has 1 N–H and O–H groups in total. The van der Waals surface area contributed by atoms with Crippen LogP contribution in [0.25, 0.3) is 0 Å². The van der Waals surface area contributed by atoms with E-state index in [1.165, 1.54) is 0 Å². The average Bonchev–Trinajstić information content (AvgIpc) is 3.12. The molecule has 0 radical (unpaired) electrons. The van der Waals surface area contributed by atoms with Crippen LogP contribution in [0.15, 0.2) is 10.6 Å². The van der Waals surface area contributed by atoms with Gasteiger partial charge in [0.2, 0.25) is 5.76 Å². The number of rotatable bonds is 3. The Bertz CT molecular complexity index is 556. The van der Waals surface area contributed by atoms with Crippen LogP contribution in [0.3, 0.4) is 0 Å². The Morgan fingerprint density at radius 1 is 1.55 bits per heavy atom. The van der Waals surface area contributed by atoms with Gasteiger partial charge >= 0.3 is 0 Å². The second-order valence-corrected chi connectivity index (χ2v) is 6.73. The summed E-state index contributed by atoms with van der Waals surface area (Å²) in [5.41, 5.74) is 0.458. The first kappa shape index (κ1) is 15.5. The first-order valence-corrected chi connectivity index (χ1v) is 7.97. The minimum atomic E-state index is -0.373. The summed E-state index contributed by atoms with van der Waals surface area (Å²) in [7, 11) is 1.70. The van der Waals surface area contributed by atoms with Crippen molar-refractivity contribution in [3.05, 3.63) is 17.5 Å². The molecule has 2 aliphatic rings. The normalized spacial score (nSPS) is 31.6. The van der Waals surface area contributed by atoms with Crippen molar-refractivity contribution < 1.29 is 19.2 Å². The Balaban J connectivity index is 1.83. The van der Waals surface area contributed by atoms with Gasteiger partial charge in [-0.3, -0.25) is 4.79 Å². The van der Waals surface area contributed by atoms with Crippen LogP contribution in [-0.4, -0.2) is 52.5 Å². The molecule has 6 heteroatoms. The fourth-order valence-electron chi connectivity index (χ4n) is 3.72. The molecule has 1 saturated carbocycles. The lowest BCUT2D eigenvalue weighted by atomic mass is 9.79. The number of fused-ring (bicyclic) bond motifs is 1. The Kier molecular flexibility index (Phi) is 3.99. The molecule has 22 heavy (non-hydrogen) atoms. The third-order valence-electron chi connectivity index (χ3n) is 5.15. The quantitative estimate of drug-likeness (QED) is 0.923. The number of hydrogen-bond acceptors (Lipinski definition) is 5. The van der Waals surface area contributed by atoms with Gasteiger partial charge in [-0.15, -0.1) is 0 Å². The van der Waals surface area contributed by atoms with Gasteiger partial charge in [-0.1, -0.05) is 19.0 Å². The molecule has 0 bridgehead atoms. The van der Waals surface area contributed by atoms with Crippen LogP contribution in [0.4, 0.5) is 0 Å². The Morgan fingerprint density at radius 3 is 2.95 bits per heavy atom. The van der Waals surface area contributed by atoms with Crippen LogP contribution < -0.4 is 0 Å². The molecule has 0 spiro atoms. The van der Waals surface area contributed by atoms with Gasteiger partial charge in [0.1, 0.15) is 0 Å². The van der Waals surface area contributed by atoms with Crippen LogP contribution in [0.5, 0.6) is 0 Å². The van der Waals surface area contributed by atoms with Crippen LogP contribution in [0.2, 0.25) is 0 Å². The van der Waals surface area contributed by atoms with Gasteiger partial charge in [-0.05, 0) is 31.6 Å². The van der Waals surface area contributed by atoms with Crippen molar-refractivity contribution in [1.82, 2.24) is 10.1 Å². The summed E-state index contributed by atoms with van der Waals surface area (Å²) in [6.07, 6.45) is 2.50. The van der Waals surface area contributed by atoms with E-state index in [1.54, 1.807) is 18.1 Å². The molecule has 3 atom stereocenters. The second kappa shape index (κ2) is 5.66. The smallest absolute Gasteiger partial charge is 0.292 e. The lowest BCUT2D eigenvalue weighted by Crippen LogP contribution is -2.52. The maximum atomic E-state index is 12.8. The third kappa shape index (κ3) is 2.44. The largest absolute Gasteiger partial charge is 0.393 e. The molecule has 122 valence electrons. The van der Waals surface area contributed by atoms with Gasteiger partial charge in [0, 0.05) is 19.7 Å². The van der Waals surface area contributed by atoms with Crippen molar-refractivity contribution >= 4 is 5.91 Å². The highest BCUT2D eigenvalue weighted by molar-refractivity contribution is 5.92. The number of carbonyl (C=O) groups is 1. The van der Waals surface area contributed by atoms with Gasteiger partial charge in [0.05, 0.1) is 23.4 Å². The standard InChI is InChI=1S/C16H24N2O4/c1-10(2)12-9-13(22-17-12)15(20)18-7-6-16(21-3)5-4-11(19)8-14(16)18/h9-11,14,19H,4-8H2,1-3H3/t11-,14+,16-/m1/s1. The summed E-state index contributed by atoms with van der Waals surface area (Å²) in [5.74, 6) is 0.339. The fraction of sp³-hybridized carbons (Fsp3) is 0.750. The van der Waals surface area contributed by atoms with Crippen LogP contribution in [0, 0.1) is 0 Å². The van der Waals surface area contributed by atoms with Gasteiger partial charge < -0.3 is 19.3 Å². The number of aromatic nitrogens is 1. The van der Waals surface area contributed by atoms with E-state index < -0.39 is 0 Å². The first-order chi connectivity index (χ1) is 10.5. The molecule has 1 amide bonds. The summed E-state index contributed by atoms with van der Waals surface area (Å²) in [6, 6.07) is 1.63. The molecule has 1 aliphatic heterocycles. The van der Waals surface area contributed by atoms with Gasteiger partial charge in [0.25, 0.3) is 5.91 Å². The zero-order valence-corrected chi connectivity index (χ0v) is 13.4. The minimum absolute atomic E-state index is 0.0960. The number of nitrogens with zero attached hydrogens (tertiary/aromatic N) is 2. The number of aliphatic hydroxyl groups excluding tert-OH is 1. The number of aliphatic hydroxyl groups is 1. The van der Waals surface area contributed by atoms with Crippen molar-refractivity contribution in [2.24, 2.45) is 0 Å². The first-order valence-electron chi connectivity index (χ1n) is 7.97. The maximum absolute atomic E-state index is 12.8. The molecule has 1 aromatic heterocycles. The Labute approximate surface area is 130 Å². The summed E-state index contributed by atoms with van der Waals surface area (Å²) >= 11 is 0. The van der Waals surface area contributed by atoms with Crippen LogP contribution in [0.1, 0.15) is 61.7 Å². The molecule has 1 saturated heterocycles. The fourth-order valence-corrected chi connectivity index (χ4v) is 3.72. The van der Waals surface area contributed by atoms with Gasteiger partial charge in [0.15, 0.2) is 0 Å². The summed E-state index contributed by atoms with van der Waals surface area (Å²) in [5, 5.41) is 13.9. The Hall–Kier alpha value is -1.40. The number of hydrogen-bond donors (Lipinski definition) is 1. The van der Waals surface area contributed by atoms with Gasteiger partial charge in [-0.2, -0.15) is 0 Å².